The number of amides is 2. The first-order chi connectivity index (χ1) is 7.11. The summed E-state index contributed by atoms with van der Waals surface area (Å²) in [6.07, 6.45) is 1.72. The Hall–Kier alpha value is -1.37. The van der Waals surface area contributed by atoms with Crippen molar-refractivity contribution in [2.75, 3.05) is 0 Å². The van der Waals surface area contributed by atoms with Crippen molar-refractivity contribution in [3.63, 3.8) is 0 Å². The van der Waals surface area contributed by atoms with Crippen LogP contribution in [0.15, 0.2) is 0 Å². The van der Waals surface area contributed by atoms with Gasteiger partial charge in [0.15, 0.2) is 0 Å². The molecule has 0 bridgehead atoms. The molecule has 0 aromatic heterocycles. The largest absolute Gasteiger partial charge is 0.274 e. The molecule has 0 N–H and O–H groups in total. The average molecular weight is 206 g/mol. The lowest BCUT2D eigenvalue weighted by molar-refractivity contribution is -0.146. The fourth-order valence-electron chi connectivity index (χ4n) is 2.38. The Labute approximate surface area is 88.9 Å². The van der Waals surface area contributed by atoms with Gasteiger partial charge in [-0.2, -0.15) is 5.26 Å². The van der Waals surface area contributed by atoms with Crippen LogP contribution in [0, 0.1) is 23.2 Å². The van der Waals surface area contributed by atoms with E-state index in [0.717, 1.165) is 0 Å². The predicted octanol–water partition coefficient (Wildman–Crippen LogP) is 1.07. The van der Waals surface area contributed by atoms with Crippen LogP contribution in [0.3, 0.4) is 0 Å². The maximum absolute atomic E-state index is 11.8. The Morgan fingerprint density at radius 1 is 1.33 bits per heavy atom. The lowest BCUT2D eigenvalue weighted by Gasteiger charge is -2.33. The van der Waals surface area contributed by atoms with Crippen molar-refractivity contribution >= 4 is 11.8 Å². The van der Waals surface area contributed by atoms with Crippen LogP contribution in [0.4, 0.5) is 0 Å². The summed E-state index contributed by atoms with van der Waals surface area (Å²) in [5.41, 5.74) is -0.901. The van der Waals surface area contributed by atoms with Gasteiger partial charge in [0.1, 0.15) is 5.54 Å². The number of imide groups is 1. The highest BCUT2D eigenvalue weighted by molar-refractivity contribution is 6.09. The Morgan fingerprint density at radius 3 is 2.13 bits per heavy atom. The number of carbonyl (C=O) groups excluding carboxylic acids is 2. The van der Waals surface area contributed by atoms with E-state index in [1.54, 1.807) is 0 Å². The molecule has 4 heteroatoms. The molecule has 0 aromatic carbocycles. The monoisotopic (exact) mass is 206 g/mol. The standard InChI is InChI=1S/C11H14N2O2/c1-3-11(4-2,6-12)13-9(14)7-5-8(7)10(13)15/h7-8H,3-5H2,1-2H3. The molecular formula is C11H14N2O2. The fourth-order valence-corrected chi connectivity index (χ4v) is 2.38. The molecule has 2 amide bonds. The first kappa shape index (κ1) is 10.2. The molecule has 1 aliphatic carbocycles. The zero-order chi connectivity index (χ0) is 11.2. The van der Waals surface area contributed by atoms with Crippen LogP contribution >= 0.6 is 0 Å². The number of hydrogen-bond acceptors (Lipinski definition) is 3. The van der Waals surface area contributed by atoms with Crippen molar-refractivity contribution in [3.8, 4) is 6.07 Å². The summed E-state index contributed by atoms with van der Waals surface area (Å²) >= 11 is 0. The van der Waals surface area contributed by atoms with Crippen LogP contribution in [0.25, 0.3) is 0 Å². The van der Waals surface area contributed by atoms with E-state index >= 15 is 0 Å². The molecule has 0 spiro atoms. The maximum atomic E-state index is 11.8. The number of fused-ring (bicyclic) bond motifs is 1. The molecule has 0 aromatic rings. The van der Waals surface area contributed by atoms with Crippen LogP contribution in [-0.4, -0.2) is 22.3 Å². The second kappa shape index (κ2) is 3.06. The average Bonchev–Trinajstić information content (AvgIpc) is 3.00. The summed E-state index contributed by atoms with van der Waals surface area (Å²) in [6.45, 7) is 3.69. The SMILES string of the molecule is CCC(C#N)(CC)N1C(=O)C2CC2C1=O. The number of hydrogen-bond donors (Lipinski definition) is 0. The molecule has 80 valence electrons. The van der Waals surface area contributed by atoms with E-state index in [2.05, 4.69) is 6.07 Å². The molecule has 1 heterocycles. The van der Waals surface area contributed by atoms with Crippen molar-refractivity contribution in [2.24, 2.45) is 11.8 Å². The first-order valence-electron chi connectivity index (χ1n) is 5.40. The number of carbonyl (C=O) groups is 2. The second-order valence-electron chi connectivity index (χ2n) is 4.31. The number of likely N-dealkylation sites (tertiary alicyclic amines) is 1. The van der Waals surface area contributed by atoms with Crippen molar-refractivity contribution < 1.29 is 9.59 Å². The summed E-state index contributed by atoms with van der Waals surface area (Å²) in [6, 6.07) is 2.14. The van der Waals surface area contributed by atoms with Gasteiger partial charge in [0, 0.05) is 0 Å². The summed E-state index contributed by atoms with van der Waals surface area (Å²) < 4.78 is 0. The molecule has 2 rings (SSSR count). The van der Waals surface area contributed by atoms with Crippen molar-refractivity contribution in [3.05, 3.63) is 0 Å². The lowest BCUT2D eigenvalue weighted by Crippen LogP contribution is -2.51. The molecule has 2 unspecified atom stereocenters. The van der Waals surface area contributed by atoms with E-state index in [4.69, 9.17) is 0 Å². The van der Waals surface area contributed by atoms with Gasteiger partial charge in [-0.15, -0.1) is 0 Å². The number of nitriles is 1. The molecule has 1 saturated carbocycles. The van der Waals surface area contributed by atoms with Crippen LogP contribution < -0.4 is 0 Å². The van der Waals surface area contributed by atoms with Gasteiger partial charge in [0.05, 0.1) is 17.9 Å². The minimum Gasteiger partial charge on any atom is -0.274 e. The first-order valence-corrected chi connectivity index (χ1v) is 5.40. The zero-order valence-corrected chi connectivity index (χ0v) is 8.99. The van der Waals surface area contributed by atoms with Crippen molar-refractivity contribution in [1.82, 2.24) is 4.90 Å². The summed E-state index contributed by atoms with van der Waals surface area (Å²) in [4.78, 5) is 24.9. The Morgan fingerprint density at radius 2 is 1.80 bits per heavy atom. The minimum absolute atomic E-state index is 0.108. The quantitative estimate of drug-likeness (QED) is 0.649. The topological polar surface area (TPSA) is 61.2 Å². The zero-order valence-electron chi connectivity index (χ0n) is 8.99. The smallest absolute Gasteiger partial charge is 0.234 e. The van der Waals surface area contributed by atoms with E-state index in [9.17, 15) is 14.9 Å². The van der Waals surface area contributed by atoms with E-state index in [-0.39, 0.29) is 23.7 Å². The van der Waals surface area contributed by atoms with Crippen molar-refractivity contribution in [1.29, 1.82) is 5.26 Å². The summed E-state index contributed by atoms with van der Waals surface area (Å²) in [5.74, 6) is -0.475. The molecule has 1 saturated heterocycles. The number of rotatable bonds is 3. The van der Waals surface area contributed by atoms with Gasteiger partial charge >= 0.3 is 0 Å². The van der Waals surface area contributed by atoms with Gasteiger partial charge in [-0.05, 0) is 19.3 Å². The minimum atomic E-state index is -0.901. The lowest BCUT2D eigenvalue weighted by atomic mass is 9.92. The third-order valence-corrected chi connectivity index (χ3v) is 3.67. The van der Waals surface area contributed by atoms with Gasteiger partial charge in [-0.25, -0.2) is 0 Å². The highest BCUT2D eigenvalue weighted by Crippen LogP contribution is 2.50. The molecule has 2 fully saturated rings. The van der Waals surface area contributed by atoms with Gasteiger partial charge in [0.2, 0.25) is 11.8 Å². The van der Waals surface area contributed by atoms with Crippen LogP contribution in [0.1, 0.15) is 33.1 Å². The number of piperidine rings is 1. The molecule has 2 aliphatic rings. The maximum Gasteiger partial charge on any atom is 0.234 e. The van der Waals surface area contributed by atoms with Gasteiger partial charge < -0.3 is 0 Å². The molecule has 15 heavy (non-hydrogen) atoms. The van der Waals surface area contributed by atoms with E-state index < -0.39 is 5.54 Å². The van der Waals surface area contributed by atoms with Crippen LogP contribution in [-0.2, 0) is 9.59 Å². The Balaban J connectivity index is 2.34. The third-order valence-electron chi connectivity index (χ3n) is 3.67. The fraction of sp³-hybridized carbons (Fsp3) is 0.727. The van der Waals surface area contributed by atoms with E-state index in [0.29, 0.717) is 19.3 Å². The molecule has 4 nitrogen and oxygen atoms in total. The van der Waals surface area contributed by atoms with Gasteiger partial charge in [-0.1, -0.05) is 13.8 Å². The van der Waals surface area contributed by atoms with E-state index in [1.165, 1.54) is 4.90 Å². The van der Waals surface area contributed by atoms with Crippen LogP contribution in [0.2, 0.25) is 0 Å². The van der Waals surface area contributed by atoms with E-state index in [1.807, 2.05) is 13.8 Å². The highest BCUT2D eigenvalue weighted by atomic mass is 16.2. The Bertz CT molecular complexity index is 345. The van der Waals surface area contributed by atoms with Gasteiger partial charge in [0.25, 0.3) is 0 Å². The molecule has 2 atom stereocenters. The highest BCUT2D eigenvalue weighted by Gasteiger charge is 2.63. The van der Waals surface area contributed by atoms with Crippen LogP contribution in [0.5, 0.6) is 0 Å². The van der Waals surface area contributed by atoms with Gasteiger partial charge in [-0.3, -0.25) is 14.5 Å². The summed E-state index contributed by atoms with van der Waals surface area (Å²) in [7, 11) is 0. The predicted molar refractivity (Wildman–Crippen MR) is 52.4 cm³/mol. The van der Waals surface area contributed by atoms with Crippen molar-refractivity contribution in [2.45, 2.75) is 38.6 Å². The Kier molecular flexibility index (Phi) is 2.07. The number of nitrogens with zero attached hydrogens (tertiary/aromatic N) is 2. The normalized spacial score (nSPS) is 29.0. The third kappa shape index (κ3) is 1.12. The molecular weight excluding hydrogens is 192 g/mol. The molecule has 0 radical (unpaired) electrons. The molecule has 1 aliphatic heterocycles. The second-order valence-corrected chi connectivity index (χ2v) is 4.31. The summed E-state index contributed by atoms with van der Waals surface area (Å²) in [5, 5.41) is 9.18.